The van der Waals surface area contributed by atoms with Crippen molar-refractivity contribution in [3.05, 3.63) is 18.1 Å². The Balaban J connectivity index is 1.77. The average molecular weight is 325 g/mol. The van der Waals surface area contributed by atoms with Gasteiger partial charge in [-0.05, 0) is 6.07 Å². The second-order valence-electron chi connectivity index (χ2n) is 5.54. The fourth-order valence-corrected chi connectivity index (χ4v) is 4.40. The number of carbonyl (C=O) groups excluding carboxylic acids is 1. The first-order chi connectivity index (χ1) is 10.4. The Morgan fingerprint density at radius 3 is 2.59 bits per heavy atom. The molecule has 1 spiro atoms. The third kappa shape index (κ3) is 2.24. The highest BCUT2D eigenvalue weighted by molar-refractivity contribution is 7.89. The van der Waals surface area contributed by atoms with Crippen molar-refractivity contribution in [1.29, 1.82) is 5.26 Å². The molecule has 0 saturated carbocycles. The van der Waals surface area contributed by atoms with Crippen LogP contribution in [0.3, 0.4) is 0 Å². The number of ether oxygens (including phenoxy) is 1. The first kappa shape index (κ1) is 14.9. The number of furan rings is 1. The van der Waals surface area contributed by atoms with Crippen molar-refractivity contribution in [3.63, 3.8) is 0 Å². The zero-order valence-corrected chi connectivity index (χ0v) is 12.8. The smallest absolute Gasteiger partial charge is 0.410 e. The van der Waals surface area contributed by atoms with E-state index in [1.807, 2.05) is 0 Å². The maximum absolute atomic E-state index is 12.6. The predicted molar refractivity (Wildman–Crippen MR) is 73.3 cm³/mol. The predicted octanol–water partition coefficient (Wildman–Crippen LogP) is 0.757. The average Bonchev–Trinajstić information content (AvgIpc) is 3.05. The largest absolute Gasteiger partial charge is 0.452 e. The minimum atomic E-state index is -3.77. The number of hydrogen-bond acceptors (Lipinski definition) is 6. The molecule has 8 nitrogen and oxygen atoms in total. The van der Waals surface area contributed by atoms with Crippen molar-refractivity contribution in [3.8, 4) is 6.07 Å². The summed E-state index contributed by atoms with van der Waals surface area (Å²) in [4.78, 5) is 12.9. The van der Waals surface area contributed by atoms with Gasteiger partial charge in [0.15, 0.2) is 0 Å². The summed E-state index contributed by atoms with van der Waals surface area (Å²) in [6.45, 7) is 0.938. The lowest BCUT2D eigenvalue weighted by molar-refractivity contribution is 0.0172. The van der Waals surface area contributed by atoms with Crippen LogP contribution in [0.1, 0.15) is 18.6 Å². The van der Waals surface area contributed by atoms with Crippen LogP contribution in [0.4, 0.5) is 4.79 Å². The standard InChI is InChI=1S/C13H15N3O5S/c1-15-9-13(21-12(15)17)3-5-16(6-4-13)22(18,19)11-2-7-20-10(11)8-14/h2,7H,3-6,9H2,1H3. The number of hydrogen-bond donors (Lipinski definition) is 0. The van der Waals surface area contributed by atoms with E-state index in [2.05, 4.69) is 0 Å². The van der Waals surface area contributed by atoms with Gasteiger partial charge in [-0.3, -0.25) is 0 Å². The second kappa shape index (κ2) is 5.00. The molecule has 9 heteroatoms. The summed E-state index contributed by atoms with van der Waals surface area (Å²) in [5, 5.41) is 8.91. The number of piperidine rings is 1. The van der Waals surface area contributed by atoms with Crippen LogP contribution in [-0.2, 0) is 14.8 Å². The lowest BCUT2D eigenvalue weighted by Crippen LogP contribution is -2.48. The number of sulfonamides is 1. The van der Waals surface area contributed by atoms with Crippen molar-refractivity contribution < 1.29 is 22.4 Å². The molecule has 0 N–H and O–H groups in total. The summed E-state index contributed by atoms with van der Waals surface area (Å²) in [6.07, 6.45) is 1.67. The molecule has 2 fully saturated rings. The Bertz CT molecular complexity index is 740. The van der Waals surface area contributed by atoms with Gasteiger partial charge >= 0.3 is 6.09 Å². The molecule has 0 atom stereocenters. The number of likely N-dealkylation sites (N-methyl/N-ethyl adjacent to an activating group) is 1. The van der Waals surface area contributed by atoms with Gasteiger partial charge in [0.1, 0.15) is 16.6 Å². The first-order valence-electron chi connectivity index (χ1n) is 6.80. The van der Waals surface area contributed by atoms with Gasteiger partial charge in [-0.1, -0.05) is 0 Å². The van der Waals surface area contributed by atoms with Crippen LogP contribution in [0.15, 0.2) is 21.6 Å². The lowest BCUT2D eigenvalue weighted by Gasteiger charge is -2.36. The molecule has 0 unspecified atom stereocenters. The van der Waals surface area contributed by atoms with E-state index in [0.717, 1.165) is 0 Å². The maximum atomic E-state index is 12.6. The Kier molecular flexibility index (Phi) is 3.38. The van der Waals surface area contributed by atoms with Crippen molar-refractivity contribution in [2.75, 3.05) is 26.7 Å². The molecule has 2 aliphatic rings. The summed E-state index contributed by atoms with van der Waals surface area (Å²) in [6, 6.07) is 3.01. The van der Waals surface area contributed by atoms with E-state index in [1.54, 1.807) is 13.1 Å². The van der Waals surface area contributed by atoms with Crippen molar-refractivity contribution in [2.24, 2.45) is 0 Å². The van der Waals surface area contributed by atoms with Gasteiger partial charge in [0.25, 0.3) is 0 Å². The van der Waals surface area contributed by atoms with Gasteiger partial charge in [-0.2, -0.15) is 9.57 Å². The van der Waals surface area contributed by atoms with Crippen LogP contribution in [-0.4, -0.2) is 56.0 Å². The molecule has 2 saturated heterocycles. The normalized spacial score (nSPS) is 21.8. The Hall–Kier alpha value is -2.05. The topological polar surface area (TPSA) is 104 Å². The van der Waals surface area contributed by atoms with E-state index in [9.17, 15) is 13.2 Å². The summed E-state index contributed by atoms with van der Waals surface area (Å²) in [7, 11) is -2.11. The van der Waals surface area contributed by atoms with Gasteiger partial charge in [-0.15, -0.1) is 0 Å². The summed E-state index contributed by atoms with van der Waals surface area (Å²) < 4.78 is 36.7. The molecule has 0 aliphatic carbocycles. The highest BCUT2D eigenvalue weighted by Gasteiger charge is 2.47. The SMILES string of the molecule is CN1CC2(CCN(S(=O)(=O)c3ccoc3C#N)CC2)OC1=O. The van der Waals surface area contributed by atoms with Crippen molar-refractivity contribution in [1.82, 2.24) is 9.21 Å². The molecule has 1 amide bonds. The Labute approximate surface area is 127 Å². The molecule has 1 aromatic rings. The molecule has 0 aromatic carbocycles. The van der Waals surface area contributed by atoms with Crippen molar-refractivity contribution >= 4 is 16.1 Å². The molecule has 118 valence electrons. The van der Waals surface area contributed by atoms with Crippen LogP contribution in [0, 0.1) is 11.3 Å². The summed E-state index contributed by atoms with van der Waals surface area (Å²) in [5.41, 5.74) is -0.605. The monoisotopic (exact) mass is 325 g/mol. The van der Waals surface area contributed by atoms with E-state index in [4.69, 9.17) is 14.4 Å². The lowest BCUT2D eigenvalue weighted by atomic mass is 9.92. The number of nitriles is 1. The number of nitrogens with zero attached hydrogens (tertiary/aromatic N) is 3. The molecule has 3 heterocycles. The maximum Gasteiger partial charge on any atom is 0.410 e. The van der Waals surface area contributed by atoms with E-state index >= 15 is 0 Å². The van der Waals surface area contributed by atoms with Crippen molar-refractivity contribution in [2.45, 2.75) is 23.3 Å². The highest BCUT2D eigenvalue weighted by atomic mass is 32.2. The third-order valence-corrected chi connectivity index (χ3v) is 6.05. The molecule has 3 rings (SSSR count). The molecule has 0 radical (unpaired) electrons. The molecular weight excluding hydrogens is 310 g/mol. The van der Waals surface area contributed by atoms with E-state index < -0.39 is 15.6 Å². The minimum Gasteiger partial charge on any atom is -0.452 e. The summed E-state index contributed by atoms with van der Waals surface area (Å²) >= 11 is 0. The Morgan fingerprint density at radius 1 is 1.36 bits per heavy atom. The third-order valence-electron chi connectivity index (χ3n) is 4.12. The molecule has 0 bridgehead atoms. The first-order valence-corrected chi connectivity index (χ1v) is 8.24. The van der Waals surface area contributed by atoms with E-state index in [0.29, 0.717) is 19.4 Å². The van der Waals surface area contributed by atoms with Gasteiger partial charge in [-0.25, -0.2) is 13.2 Å². The van der Waals surface area contributed by atoms with Gasteiger partial charge in [0, 0.05) is 33.0 Å². The van der Waals surface area contributed by atoms with Gasteiger partial charge in [0.2, 0.25) is 15.8 Å². The zero-order valence-electron chi connectivity index (χ0n) is 12.0. The zero-order chi connectivity index (χ0) is 16.0. The van der Waals surface area contributed by atoms with Crippen LogP contribution in [0.5, 0.6) is 0 Å². The number of amides is 1. The quantitative estimate of drug-likeness (QED) is 0.795. The van der Waals surface area contributed by atoms with Gasteiger partial charge in [0.05, 0.1) is 12.8 Å². The molecule has 1 aromatic heterocycles. The van der Waals surface area contributed by atoms with E-state index in [1.165, 1.54) is 21.5 Å². The molecule has 2 aliphatic heterocycles. The molecule has 22 heavy (non-hydrogen) atoms. The number of rotatable bonds is 2. The van der Waals surface area contributed by atoms with Crippen LogP contribution in [0.25, 0.3) is 0 Å². The highest BCUT2D eigenvalue weighted by Crippen LogP contribution is 2.34. The van der Waals surface area contributed by atoms with Crippen LogP contribution in [0.2, 0.25) is 0 Å². The second-order valence-corrected chi connectivity index (χ2v) is 7.44. The van der Waals surface area contributed by atoms with Crippen LogP contribution >= 0.6 is 0 Å². The summed E-state index contributed by atoms with van der Waals surface area (Å²) in [5.74, 6) is -0.215. The Morgan fingerprint density at radius 2 is 2.05 bits per heavy atom. The fraction of sp³-hybridized carbons (Fsp3) is 0.538. The molecular formula is C13H15N3O5S. The fourth-order valence-electron chi connectivity index (χ4n) is 2.91. The van der Waals surface area contributed by atoms with Crippen LogP contribution < -0.4 is 0 Å². The van der Waals surface area contributed by atoms with E-state index in [-0.39, 0.29) is 29.8 Å². The van der Waals surface area contributed by atoms with Gasteiger partial charge < -0.3 is 14.1 Å². The number of carbonyl (C=O) groups is 1. The minimum absolute atomic E-state index is 0.119.